The second-order valence-corrected chi connectivity index (χ2v) is 5.80. The van der Waals surface area contributed by atoms with Gasteiger partial charge in [0.05, 0.1) is 12.2 Å². The third-order valence-electron chi connectivity index (χ3n) is 3.73. The van der Waals surface area contributed by atoms with Crippen molar-refractivity contribution in [3.63, 3.8) is 0 Å². The van der Waals surface area contributed by atoms with Crippen molar-refractivity contribution in [2.24, 2.45) is 7.05 Å². The summed E-state index contributed by atoms with van der Waals surface area (Å²) in [7, 11) is 1.63. The first kappa shape index (κ1) is 18.0. The van der Waals surface area contributed by atoms with Gasteiger partial charge in [0, 0.05) is 7.05 Å². The molecule has 0 atom stereocenters. The standard InChI is InChI=1S/C17H20ClN3O3/c1-4-13-15(17(23)24)16(20(3)19-13)21(14(22)9-18)10-12-7-5-6-11(2)8-12/h5-8H,4,9-10H2,1-3H3,(H,23,24). The number of halogens is 1. The van der Waals surface area contributed by atoms with E-state index in [1.807, 2.05) is 38.1 Å². The Balaban J connectivity index is 2.55. The molecule has 1 aromatic heterocycles. The molecule has 1 aromatic carbocycles. The van der Waals surface area contributed by atoms with Crippen molar-refractivity contribution < 1.29 is 14.7 Å². The summed E-state index contributed by atoms with van der Waals surface area (Å²) in [6.07, 6.45) is 0.461. The smallest absolute Gasteiger partial charge is 0.341 e. The van der Waals surface area contributed by atoms with Gasteiger partial charge in [0.15, 0.2) is 0 Å². The van der Waals surface area contributed by atoms with Crippen LogP contribution in [-0.2, 0) is 24.8 Å². The molecule has 0 radical (unpaired) electrons. The summed E-state index contributed by atoms with van der Waals surface area (Å²) in [6, 6.07) is 7.69. The number of alkyl halides is 1. The van der Waals surface area contributed by atoms with Gasteiger partial charge in [0.2, 0.25) is 5.91 Å². The van der Waals surface area contributed by atoms with Crippen molar-refractivity contribution in [2.45, 2.75) is 26.8 Å². The van der Waals surface area contributed by atoms with Crippen LogP contribution < -0.4 is 4.90 Å². The van der Waals surface area contributed by atoms with Crippen LogP contribution in [0.4, 0.5) is 5.82 Å². The topological polar surface area (TPSA) is 75.4 Å². The van der Waals surface area contributed by atoms with Gasteiger partial charge in [-0.25, -0.2) is 4.79 Å². The van der Waals surface area contributed by atoms with Crippen LogP contribution in [0.25, 0.3) is 0 Å². The minimum Gasteiger partial charge on any atom is -0.477 e. The van der Waals surface area contributed by atoms with Crippen molar-refractivity contribution >= 4 is 29.3 Å². The molecule has 0 bridgehead atoms. The fourth-order valence-electron chi connectivity index (χ4n) is 2.69. The third kappa shape index (κ3) is 3.59. The van der Waals surface area contributed by atoms with Gasteiger partial charge >= 0.3 is 5.97 Å². The molecule has 0 spiro atoms. The average Bonchev–Trinajstić information content (AvgIpc) is 2.88. The van der Waals surface area contributed by atoms with Crippen molar-refractivity contribution in [1.82, 2.24) is 9.78 Å². The molecule has 0 aliphatic heterocycles. The first-order chi connectivity index (χ1) is 11.4. The summed E-state index contributed by atoms with van der Waals surface area (Å²) in [4.78, 5) is 25.5. The molecule has 1 N–H and O–H groups in total. The number of aryl methyl sites for hydroxylation is 3. The summed E-state index contributed by atoms with van der Waals surface area (Å²) in [5, 5.41) is 13.8. The largest absolute Gasteiger partial charge is 0.477 e. The highest BCUT2D eigenvalue weighted by molar-refractivity contribution is 6.29. The highest BCUT2D eigenvalue weighted by atomic mass is 35.5. The Bertz CT molecular complexity index is 770. The number of amides is 1. The first-order valence-corrected chi connectivity index (χ1v) is 8.13. The lowest BCUT2D eigenvalue weighted by Crippen LogP contribution is -2.34. The number of aromatic carboxylic acids is 1. The van der Waals surface area contributed by atoms with Crippen LogP contribution in [0.15, 0.2) is 24.3 Å². The Labute approximate surface area is 145 Å². The minimum absolute atomic E-state index is 0.0473. The Hall–Kier alpha value is -2.34. The van der Waals surface area contributed by atoms with Crippen LogP contribution in [0.2, 0.25) is 0 Å². The van der Waals surface area contributed by atoms with E-state index in [4.69, 9.17) is 11.6 Å². The van der Waals surface area contributed by atoms with Gasteiger partial charge in [-0.05, 0) is 18.9 Å². The number of carbonyl (C=O) groups excluding carboxylic acids is 1. The molecule has 0 aliphatic rings. The van der Waals surface area contributed by atoms with Crippen LogP contribution in [0, 0.1) is 6.92 Å². The van der Waals surface area contributed by atoms with Gasteiger partial charge in [-0.1, -0.05) is 36.8 Å². The summed E-state index contributed by atoms with van der Waals surface area (Å²) in [5.41, 5.74) is 2.44. The van der Waals surface area contributed by atoms with Gasteiger partial charge in [-0.15, -0.1) is 11.6 Å². The van der Waals surface area contributed by atoms with E-state index in [1.165, 1.54) is 9.58 Å². The average molecular weight is 350 g/mol. The molecule has 2 rings (SSSR count). The van der Waals surface area contributed by atoms with Gasteiger partial charge in [-0.3, -0.25) is 14.4 Å². The second-order valence-electron chi connectivity index (χ2n) is 5.53. The maximum atomic E-state index is 12.4. The number of hydrogen-bond donors (Lipinski definition) is 1. The van der Waals surface area contributed by atoms with Crippen molar-refractivity contribution in [3.05, 3.63) is 46.6 Å². The van der Waals surface area contributed by atoms with Gasteiger partial charge in [0.1, 0.15) is 17.3 Å². The molecule has 0 fully saturated rings. The Morgan fingerprint density at radius 3 is 2.62 bits per heavy atom. The Morgan fingerprint density at radius 1 is 1.38 bits per heavy atom. The van der Waals surface area contributed by atoms with E-state index in [-0.39, 0.29) is 29.7 Å². The van der Waals surface area contributed by atoms with Crippen LogP contribution in [0.5, 0.6) is 0 Å². The van der Waals surface area contributed by atoms with Crippen molar-refractivity contribution in [1.29, 1.82) is 0 Å². The number of carboxylic acid groups (broad SMARTS) is 1. The zero-order chi connectivity index (χ0) is 17.9. The normalized spacial score (nSPS) is 10.7. The lowest BCUT2D eigenvalue weighted by atomic mass is 10.1. The summed E-state index contributed by atoms with van der Waals surface area (Å²) in [6.45, 7) is 4.02. The second kappa shape index (κ2) is 7.49. The first-order valence-electron chi connectivity index (χ1n) is 7.60. The van der Waals surface area contributed by atoms with Crippen LogP contribution in [0.3, 0.4) is 0 Å². The van der Waals surface area contributed by atoms with Gasteiger partial charge in [-0.2, -0.15) is 5.10 Å². The number of aromatic nitrogens is 2. The maximum absolute atomic E-state index is 12.4. The fraction of sp³-hybridized carbons (Fsp3) is 0.353. The Morgan fingerprint density at radius 2 is 2.08 bits per heavy atom. The monoisotopic (exact) mass is 349 g/mol. The molecular weight excluding hydrogens is 330 g/mol. The molecule has 6 nitrogen and oxygen atoms in total. The van der Waals surface area contributed by atoms with Gasteiger partial charge < -0.3 is 5.11 Å². The number of hydrogen-bond acceptors (Lipinski definition) is 3. The molecule has 0 saturated carbocycles. The highest BCUT2D eigenvalue weighted by Crippen LogP contribution is 2.26. The lowest BCUT2D eigenvalue weighted by Gasteiger charge is -2.23. The Kier molecular flexibility index (Phi) is 5.62. The third-order valence-corrected chi connectivity index (χ3v) is 3.96. The van der Waals surface area contributed by atoms with Crippen molar-refractivity contribution in [2.75, 3.05) is 10.8 Å². The molecule has 7 heteroatoms. The molecule has 0 saturated heterocycles. The zero-order valence-corrected chi connectivity index (χ0v) is 14.7. The van der Waals surface area contributed by atoms with E-state index < -0.39 is 5.97 Å². The van der Waals surface area contributed by atoms with E-state index in [1.54, 1.807) is 7.05 Å². The molecule has 128 valence electrons. The predicted octanol–water partition coefficient (Wildman–Crippen LogP) is 2.76. The molecule has 0 unspecified atom stereocenters. The fourth-order valence-corrected chi connectivity index (χ4v) is 2.84. The molecule has 0 aliphatic carbocycles. The SMILES string of the molecule is CCc1nn(C)c(N(Cc2cccc(C)c2)C(=O)CCl)c1C(=O)O. The number of carboxylic acids is 1. The predicted molar refractivity (Wildman–Crippen MR) is 92.6 cm³/mol. The van der Waals surface area contributed by atoms with E-state index in [0.717, 1.165) is 11.1 Å². The van der Waals surface area contributed by atoms with Crippen molar-refractivity contribution in [3.8, 4) is 0 Å². The van der Waals surface area contributed by atoms with E-state index >= 15 is 0 Å². The number of rotatable bonds is 6. The minimum atomic E-state index is -1.11. The number of benzene rings is 1. The summed E-state index contributed by atoms with van der Waals surface area (Å²) >= 11 is 5.75. The van der Waals surface area contributed by atoms with E-state index in [0.29, 0.717) is 12.1 Å². The maximum Gasteiger partial charge on any atom is 0.341 e. The zero-order valence-electron chi connectivity index (χ0n) is 13.9. The summed E-state index contributed by atoms with van der Waals surface area (Å²) < 4.78 is 1.43. The number of anilines is 1. The van der Waals surface area contributed by atoms with Gasteiger partial charge in [0.25, 0.3) is 0 Å². The molecule has 1 heterocycles. The van der Waals surface area contributed by atoms with Crippen LogP contribution >= 0.6 is 11.6 Å². The quantitative estimate of drug-likeness (QED) is 0.814. The van der Waals surface area contributed by atoms with Crippen LogP contribution in [-0.4, -0.2) is 32.6 Å². The van der Waals surface area contributed by atoms with Crippen LogP contribution in [0.1, 0.15) is 34.1 Å². The van der Waals surface area contributed by atoms with E-state index in [2.05, 4.69) is 5.10 Å². The number of carbonyl (C=O) groups is 2. The number of nitrogens with zero attached hydrogens (tertiary/aromatic N) is 3. The van der Waals surface area contributed by atoms with E-state index in [9.17, 15) is 14.7 Å². The lowest BCUT2D eigenvalue weighted by molar-refractivity contribution is -0.116. The summed E-state index contributed by atoms with van der Waals surface area (Å²) in [5.74, 6) is -1.46. The molecule has 2 aromatic rings. The highest BCUT2D eigenvalue weighted by Gasteiger charge is 2.28. The molecule has 1 amide bonds. The molecular formula is C17H20ClN3O3. The molecule has 24 heavy (non-hydrogen) atoms.